The summed E-state index contributed by atoms with van der Waals surface area (Å²) in [5, 5.41) is 0. The van der Waals surface area contributed by atoms with Crippen LogP contribution in [0.15, 0.2) is 78.9 Å². The first-order valence-electron chi connectivity index (χ1n) is 10.8. The minimum atomic E-state index is -2.04. The minimum absolute atomic E-state index is 0.227. The number of benzene rings is 3. The molecule has 1 aliphatic carbocycles. The van der Waals surface area contributed by atoms with Gasteiger partial charge in [-0.05, 0) is 30.2 Å². The number of hydrogen-bond acceptors (Lipinski definition) is 5. The van der Waals surface area contributed by atoms with Crippen molar-refractivity contribution in [3.05, 3.63) is 101 Å². The molecule has 33 heavy (non-hydrogen) atoms. The zero-order valence-electron chi connectivity index (χ0n) is 17.7. The molecule has 1 spiro atoms. The molecule has 162 valence electrons. The normalized spacial score (nSPS) is 25.1. The number of ketones is 2. The summed E-state index contributed by atoms with van der Waals surface area (Å²) in [6.45, 7) is 1.88. The molecule has 6 rings (SSSR count). The Morgan fingerprint density at radius 2 is 1.30 bits per heavy atom. The largest absolute Gasteiger partial charge is 0.349 e. The van der Waals surface area contributed by atoms with Crippen LogP contribution in [-0.4, -0.2) is 29.0 Å². The molecule has 2 aliphatic heterocycles. The highest BCUT2D eigenvalue weighted by Gasteiger charge is 2.74. The molecule has 2 fully saturated rings. The van der Waals surface area contributed by atoms with Crippen LogP contribution in [0.3, 0.4) is 0 Å². The van der Waals surface area contributed by atoms with E-state index in [0.29, 0.717) is 11.3 Å². The number of Topliss-reactive ketones (excluding diaryl/α,β-unsaturated/α-hetero) is 2. The van der Waals surface area contributed by atoms with Crippen LogP contribution < -0.4 is 4.90 Å². The molecule has 2 heterocycles. The van der Waals surface area contributed by atoms with E-state index in [1.165, 1.54) is 0 Å². The van der Waals surface area contributed by atoms with Crippen molar-refractivity contribution in [2.75, 3.05) is 4.90 Å². The predicted octanol–water partition coefficient (Wildman–Crippen LogP) is 3.69. The highest BCUT2D eigenvalue weighted by Crippen LogP contribution is 2.58. The highest BCUT2D eigenvalue weighted by atomic mass is 16.5. The summed E-state index contributed by atoms with van der Waals surface area (Å²) in [6.07, 6.45) is -0.899. The van der Waals surface area contributed by atoms with Crippen LogP contribution in [0.4, 0.5) is 5.69 Å². The molecule has 2 amide bonds. The van der Waals surface area contributed by atoms with E-state index >= 15 is 0 Å². The van der Waals surface area contributed by atoms with Crippen LogP contribution in [0.2, 0.25) is 0 Å². The Kier molecular flexibility index (Phi) is 4.07. The van der Waals surface area contributed by atoms with Crippen molar-refractivity contribution in [2.24, 2.45) is 11.8 Å². The van der Waals surface area contributed by atoms with Gasteiger partial charge in [-0.1, -0.05) is 66.7 Å². The number of para-hydroxylation sites is 1. The molecule has 0 saturated carbocycles. The van der Waals surface area contributed by atoms with Gasteiger partial charge in [-0.15, -0.1) is 0 Å². The molecule has 3 aliphatic rings. The number of aryl methyl sites for hydroxylation is 1. The third kappa shape index (κ3) is 2.41. The van der Waals surface area contributed by atoms with Gasteiger partial charge in [0.2, 0.25) is 29.0 Å². The minimum Gasteiger partial charge on any atom is -0.349 e. The lowest BCUT2D eigenvalue weighted by Crippen LogP contribution is -2.51. The highest BCUT2D eigenvalue weighted by molar-refractivity contribution is 6.37. The van der Waals surface area contributed by atoms with Gasteiger partial charge in [0.1, 0.15) is 0 Å². The standard InChI is InChI=1S/C27H19NO5/c1-15-9-5-6-12-17(15)22-20-21(26(32)28(25(20)31)16-10-3-2-4-11-16)27(33-22)23(29)18-13-7-8-14-19(18)24(27)30/h2-14,20-22H,1H3/t20-,21+,22+/m1/s1. The van der Waals surface area contributed by atoms with Gasteiger partial charge < -0.3 is 4.74 Å². The molecule has 3 atom stereocenters. The third-order valence-corrected chi connectivity index (χ3v) is 7.03. The number of rotatable bonds is 2. The van der Waals surface area contributed by atoms with Gasteiger partial charge in [0.05, 0.1) is 23.6 Å². The maximum Gasteiger partial charge on any atom is 0.241 e. The zero-order chi connectivity index (χ0) is 22.9. The summed E-state index contributed by atoms with van der Waals surface area (Å²) in [7, 11) is 0. The fraction of sp³-hybridized carbons (Fsp3) is 0.185. The number of amides is 2. The fourth-order valence-corrected chi connectivity index (χ4v) is 5.54. The number of carbonyl (C=O) groups is 4. The van der Waals surface area contributed by atoms with Gasteiger partial charge in [0.25, 0.3) is 0 Å². The van der Waals surface area contributed by atoms with E-state index in [2.05, 4.69) is 0 Å². The molecule has 0 N–H and O–H groups in total. The van der Waals surface area contributed by atoms with Crippen LogP contribution >= 0.6 is 0 Å². The summed E-state index contributed by atoms with van der Waals surface area (Å²) in [4.78, 5) is 56.0. The molecule has 3 aromatic carbocycles. The van der Waals surface area contributed by atoms with E-state index in [1.54, 1.807) is 54.6 Å². The molecule has 2 saturated heterocycles. The smallest absolute Gasteiger partial charge is 0.241 e. The van der Waals surface area contributed by atoms with Crippen LogP contribution in [0.5, 0.6) is 0 Å². The number of nitrogens with zero attached hydrogens (tertiary/aromatic N) is 1. The Hall–Kier alpha value is -3.90. The number of anilines is 1. The second-order valence-electron chi connectivity index (χ2n) is 8.69. The molecule has 3 aromatic rings. The zero-order valence-corrected chi connectivity index (χ0v) is 17.7. The Morgan fingerprint density at radius 3 is 1.94 bits per heavy atom. The lowest BCUT2D eigenvalue weighted by Gasteiger charge is -2.27. The van der Waals surface area contributed by atoms with Gasteiger partial charge >= 0.3 is 0 Å². The molecule has 6 nitrogen and oxygen atoms in total. The number of ether oxygens (including phenoxy) is 1. The van der Waals surface area contributed by atoms with Crippen molar-refractivity contribution in [3.63, 3.8) is 0 Å². The van der Waals surface area contributed by atoms with Gasteiger partial charge in [-0.25, -0.2) is 4.90 Å². The van der Waals surface area contributed by atoms with Crippen molar-refractivity contribution in [1.82, 2.24) is 0 Å². The van der Waals surface area contributed by atoms with E-state index in [-0.39, 0.29) is 11.1 Å². The average Bonchev–Trinajstić information content (AvgIpc) is 3.40. The van der Waals surface area contributed by atoms with E-state index in [9.17, 15) is 19.2 Å². The first-order valence-corrected chi connectivity index (χ1v) is 10.8. The van der Waals surface area contributed by atoms with Crippen molar-refractivity contribution >= 4 is 29.1 Å². The summed E-state index contributed by atoms with van der Waals surface area (Å²) in [6, 6.07) is 22.4. The molecule has 0 bridgehead atoms. The Balaban J connectivity index is 1.57. The van der Waals surface area contributed by atoms with Gasteiger partial charge in [0.15, 0.2) is 0 Å². The molecule has 0 unspecified atom stereocenters. The number of carbonyl (C=O) groups excluding carboxylic acids is 4. The first kappa shape index (κ1) is 19.8. The monoisotopic (exact) mass is 437 g/mol. The summed E-state index contributed by atoms with van der Waals surface area (Å²) < 4.78 is 6.31. The second-order valence-corrected chi connectivity index (χ2v) is 8.69. The van der Waals surface area contributed by atoms with E-state index in [1.807, 2.05) is 31.2 Å². The van der Waals surface area contributed by atoms with Gasteiger partial charge in [0, 0.05) is 11.1 Å². The Morgan fingerprint density at radius 1 is 0.727 bits per heavy atom. The van der Waals surface area contributed by atoms with Gasteiger partial charge in [-0.2, -0.15) is 0 Å². The summed E-state index contributed by atoms with van der Waals surface area (Å²) in [5.74, 6) is -4.36. The Bertz CT molecular complexity index is 1330. The van der Waals surface area contributed by atoms with Crippen LogP contribution in [0.25, 0.3) is 0 Å². The van der Waals surface area contributed by atoms with E-state index < -0.39 is 46.9 Å². The topological polar surface area (TPSA) is 80.8 Å². The van der Waals surface area contributed by atoms with Crippen molar-refractivity contribution in [3.8, 4) is 0 Å². The third-order valence-electron chi connectivity index (χ3n) is 7.03. The molecule has 0 aromatic heterocycles. The summed E-state index contributed by atoms with van der Waals surface area (Å²) in [5.41, 5.74) is 0.368. The van der Waals surface area contributed by atoms with Crippen molar-refractivity contribution in [2.45, 2.75) is 18.6 Å². The summed E-state index contributed by atoms with van der Waals surface area (Å²) >= 11 is 0. The van der Waals surface area contributed by atoms with Gasteiger partial charge in [-0.3, -0.25) is 19.2 Å². The SMILES string of the molecule is Cc1ccccc1[C@@H]1OC2(C(=O)c3ccccc3C2=O)[C@@H]2C(=O)N(c3ccccc3)C(=O)[C@H]21. The molecular weight excluding hydrogens is 418 g/mol. The Labute approximate surface area is 189 Å². The van der Waals surface area contributed by atoms with E-state index in [0.717, 1.165) is 10.5 Å². The van der Waals surface area contributed by atoms with E-state index in [4.69, 9.17) is 4.74 Å². The second kappa shape index (κ2) is 6.80. The maximum atomic E-state index is 13.8. The van der Waals surface area contributed by atoms with Crippen LogP contribution in [0, 0.1) is 18.8 Å². The van der Waals surface area contributed by atoms with Crippen LogP contribution in [0.1, 0.15) is 37.9 Å². The average molecular weight is 437 g/mol. The number of hydrogen-bond donors (Lipinski definition) is 0. The maximum absolute atomic E-state index is 13.8. The fourth-order valence-electron chi connectivity index (χ4n) is 5.54. The number of imide groups is 1. The lowest BCUT2D eigenvalue weighted by atomic mass is 9.77. The molecular formula is C27H19NO5. The molecule has 6 heteroatoms. The predicted molar refractivity (Wildman–Crippen MR) is 119 cm³/mol. The first-order chi connectivity index (χ1) is 16.0. The number of fused-ring (bicyclic) bond motifs is 3. The van der Waals surface area contributed by atoms with Crippen molar-refractivity contribution in [1.29, 1.82) is 0 Å². The quantitative estimate of drug-likeness (QED) is 0.451. The molecule has 0 radical (unpaired) electrons. The lowest BCUT2D eigenvalue weighted by molar-refractivity contribution is -0.127. The van der Waals surface area contributed by atoms with Crippen molar-refractivity contribution < 1.29 is 23.9 Å². The van der Waals surface area contributed by atoms with Crippen LogP contribution in [-0.2, 0) is 14.3 Å².